The number of unbranched alkanes of at least 4 members (excludes halogenated alkanes) is 1. The van der Waals surface area contributed by atoms with E-state index in [4.69, 9.17) is 8.85 Å². The second-order valence-electron chi connectivity index (χ2n) is 6.36. The highest BCUT2D eigenvalue weighted by Gasteiger charge is 2.47. The van der Waals surface area contributed by atoms with Crippen molar-refractivity contribution in [2.24, 2.45) is 0 Å². The molecule has 0 N–H and O–H groups in total. The third kappa shape index (κ3) is 6.19. The summed E-state index contributed by atoms with van der Waals surface area (Å²) < 4.78 is 12.9. The zero-order chi connectivity index (χ0) is 17.2. The fourth-order valence-electron chi connectivity index (χ4n) is 2.63. The molecule has 0 saturated heterocycles. The maximum Gasteiger partial charge on any atom is 0.344 e. The summed E-state index contributed by atoms with van der Waals surface area (Å²) in [6.45, 7) is 18.5. The van der Waals surface area contributed by atoms with Crippen molar-refractivity contribution in [3.63, 3.8) is 0 Å². The third-order valence-electron chi connectivity index (χ3n) is 3.98. The molecule has 0 aliphatic rings. The zero-order valence-corrected chi connectivity index (χ0v) is 16.0. The van der Waals surface area contributed by atoms with Gasteiger partial charge in [-0.3, -0.25) is 0 Å². The van der Waals surface area contributed by atoms with Crippen molar-refractivity contribution in [1.29, 1.82) is 0 Å². The van der Waals surface area contributed by atoms with Crippen molar-refractivity contribution in [2.45, 2.75) is 83.6 Å². The molecule has 0 heterocycles. The molecule has 0 aromatic heterocycles. The molecule has 0 bridgehead atoms. The van der Waals surface area contributed by atoms with Crippen molar-refractivity contribution in [1.82, 2.24) is 0 Å². The van der Waals surface area contributed by atoms with Gasteiger partial charge in [0, 0.05) is 6.42 Å². The molecular weight excluding hydrogens is 292 g/mol. The van der Waals surface area contributed by atoms with Gasteiger partial charge in [0.25, 0.3) is 0 Å². The van der Waals surface area contributed by atoms with Crippen LogP contribution in [0.15, 0.2) is 25.3 Å². The molecule has 4 heteroatoms. The summed E-state index contributed by atoms with van der Waals surface area (Å²) in [6, 6.07) is 0. The maximum atomic E-state index is 10.9. The summed E-state index contributed by atoms with van der Waals surface area (Å²) in [7, 11) is -2.51. The first kappa shape index (κ1) is 21.3. The van der Waals surface area contributed by atoms with Crippen LogP contribution in [0.1, 0.15) is 60.3 Å². The van der Waals surface area contributed by atoms with Crippen LogP contribution in [0, 0.1) is 0 Å². The van der Waals surface area contributed by atoms with Gasteiger partial charge in [0.05, 0.1) is 12.2 Å². The molecule has 0 spiro atoms. The van der Waals surface area contributed by atoms with Crippen molar-refractivity contribution in [2.75, 3.05) is 0 Å². The van der Waals surface area contributed by atoms with E-state index in [1.54, 1.807) is 6.08 Å². The third-order valence-corrected chi connectivity index (χ3v) is 8.54. The summed E-state index contributed by atoms with van der Waals surface area (Å²) in [5.41, 5.74) is 0.566. The Kier molecular flexibility index (Phi) is 10.6. The number of aldehydes is 1. The molecule has 0 rings (SSSR count). The first-order valence-corrected chi connectivity index (χ1v) is 10.4. The first-order valence-electron chi connectivity index (χ1n) is 8.42. The highest BCUT2D eigenvalue weighted by atomic mass is 28.4. The smallest absolute Gasteiger partial charge is 0.344 e. The van der Waals surface area contributed by atoms with Crippen LogP contribution in [0.25, 0.3) is 0 Å². The summed E-state index contributed by atoms with van der Waals surface area (Å²) in [4.78, 5) is 10.9. The second-order valence-corrected chi connectivity index (χ2v) is 10.6. The monoisotopic (exact) mass is 326 g/mol. The molecule has 0 unspecified atom stereocenters. The molecule has 0 radical (unpaired) electrons. The van der Waals surface area contributed by atoms with Gasteiger partial charge in [-0.25, -0.2) is 0 Å². The maximum absolute atomic E-state index is 10.9. The van der Waals surface area contributed by atoms with E-state index >= 15 is 0 Å². The van der Waals surface area contributed by atoms with Crippen LogP contribution in [-0.4, -0.2) is 27.1 Å². The van der Waals surface area contributed by atoms with Gasteiger partial charge in [0.1, 0.15) is 6.29 Å². The van der Waals surface area contributed by atoms with Gasteiger partial charge in [-0.05, 0) is 17.5 Å². The van der Waals surface area contributed by atoms with Crippen molar-refractivity contribution in [3.8, 4) is 0 Å². The van der Waals surface area contributed by atoms with E-state index in [0.717, 1.165) is 25.5 Å². The lowest BCUT2D eigenvalue weighted by Crippen LogP contribution is -2.52. The summed E-state index contributed by atoms with van der Waals surface area (Å²) in [6.07, 6.45) is 7.74. The highest BCUT2D eigenvalue weighted by molar-refractivity contribution is 6.70. The zero-order valence-electron chi connectivity index (χ0n) is 15.0. The largest absolute Gasteiger partial charge is 0.387 e. The van der Waals surface area contributed by atoms with Crippen LogP contribution in [0.4, 0.5) is 0 Å². The Morgan fingerprint density at radius 3 is 1.86 bits per heavy atom. The van der Waals surface area contributed by atoms with Gasteiger partial charge in [-0.15, -0.1) is 13.2 Å². The molecule has 0 amide bonds. The molecule has 0 aliphatic carbocycles. The normalized spacial score (nSPS) is 14.9. The van der Waals surface area contributed by atoms with Gasteiger partial charge in [0.15, 0.2) is 0 Å². The Bertz CT molecular complexity index is 331. The van der Waals surface area contributed by atoms with Crippen LogP contribution >= 0.6 is 0 Å². The van der Waals surface area contributed by atoms with Crippen molar-refractivity contribution >= 4 is 14.8 Å². The number of carbonyl (C=O) groups excluding carboxylic acids is 1. The van der Waals surface area contributed by atoms with E-state index in [9.17, 15) is 4.79 Å². The Labute approximate surface area is 138 Å². The molecular formula is C18H34O3Si. The fourth-order valence-corrected chi connectivity index (χ4v) is 6.46. The van der Waals surface area contributed by atoms with E-state index < -0.39 is 8.56 Å². The molecule has 0 saturated carbocycles. The Hall–Kier alpha value is -0.713. The molecule has 22 heavy (non-hydrogen) atoms. The van der Waals surface area contributed by atoms with Gasteiger partial charge in [0.2, 0.25) is 0 Å². The number of hydrogen-bond donors (Lipinski definition) is 0. The lowest BCUT2D eigenvalue weighted by Gasteiger charge is -2.41. The molecule has 2 atom stereocenters. The molecule has 0 aromatic carbocycles. The molecule has 0 fully saturated rings. The number of carbonyl (C=O) groups is 1. The number of rotatable bonds is 13. The van der Waals surface area contributed by atoms with E-state index in [2.05, 4.69) is 47.8 Å². The van der Waals surface area contributed by atoms with Gasteiger partial charge in [-0.1, -0.05) is 59.6 Å². The average Bonchev–Trinajstić information content (AvgIpc) is 2.48. The minimum atomic E-state index is -2.51. The van der Waals surface area contributed by atoms with Gasteiger partial charge in [-0.2, -0.15) is 0 Å². The van der Waals surface area contributed by atoms with Crippen LogP contribution in [0.3, 0.4) is 0 Å². The van der Waals surface area contributed by atoms with E-state index in [-0.39, 0.29) is 23.3 Å². The molecule has 3 nitrogen and oxygen atoms in total. The Morgan fingerprint density at radius 2 is 1.50 bits per heavy atom. The van der Waals surface area contributed by atoms with Crippen molar-refractivity contribution < 1.29 is 13.6 Å². The molecule has 0 aromatic rings. The lowest BCUT2D eigenvalue weighted by atomic mass is 10.2. The highest BCUT2D eigenvalue weighted by Crippen LogP contribution is 2.37. The topological polar surface area (TPSA) is 35.5 Å². The SMILES string of the molecule is C=C[C@H](CCCC)O[Si](O[C@@H](C=C)CC=O)(C(C)C)C(C)C. The van der Waals surface area contributed by atoms with Crippen LogP contribution in [0.5, 0.6) is 0 Å². The predicted octanol–water partition coefficient (Wildman–Crippen LogP) is 5.17. The van der Waals surface area contributed by atoms with Crippen LogP contribution in [0.2, 0.25) is 11.1 Å². The lowest BCUT2D eigenvalue weighted by molar-refractivity contribution is -0.109. The van der Waals surface area contributed by atoms with Gasteiger partial charge >= 0.3 is 8.56 Å². The summed E-state index contributed by atoms with van der Waals surface area (Å²) in [5, 5.41) is 0. The van der Waals surface area contributed by atoms with Gasteiger partial charge < -0.3 is 13.6 Å². The predicted molar refractivity (Wildman–Crippen MR) is 96.3 cm³/mol. The molecule has 0 aliphatic heterocycles. The minimum Gasteiger partial charge on any atom is -0.387 e. The van der Waals surface area contributed by atoms with Crippen molar-refractivity contribution in [3.05, 3.63) is 25.3 Å². The Morgan fingerprint density at radius 1 is 1.00 bits per heavy atom. The minimum absolute atomic E-state index is 0.0121. The van der Waals surface area contributed by atoms with Crippen LogP contribution < -0.4 is 0 Å². The van der Waals surface area contributed by atoms with E-state index in [1.165, 1.54) is 0 Å². The average molecular weight is 327 g/mol. The summed E-state index contributed by atoms with van der Waals surface area (Å²) >= 11 is 0. The fraction of sp³-hybridized carbons (Fsp3) is 0.722. The molecule has 128 valence electrons. The van der Waals surface area contributed by atoms with E-state index in [1.807, 2.05) is 6.08 Å². The Balaban J connectivity index is 5.33. The standard InChI is InChI=1S/C18H34O3Si/c1-8-11-12-17(9-2)20-22(15(4)5,16(6)7)21-18(10-3)13-14-19/h9-10,14-18H,2-3,8,11-13H2,1,4-7H3/t17-,18+/m1/s1. The second kappa shape index (κ2) is 10.9. The van der Waals surface area contributed by atoms with Crippen LogP contribution in [-0.2, 0) is 13.6 Å². The quantitative estimate of drug-likeness (QED) is 0.266. The summed E-state index contributed by atoms with van der Waals surface area (Å²) in [5.74, 6) is 0. The number of hydrogen-bond acceptors (Lipinski definition) is 3. The first-order chi connectivity index (χ1) is 10.4. The van der Waals surface area contributed by atoms with E-state index in [0.29, 0.717) is 6.42 Å².